The summed E-state index contributed by atoms with van der Waals surface area (Å²) in [5.41, 5.74) is 5.63. The third-order valence-electron chi connectivity index (χ3n) is 1.52. The van der Waals surface area contributed by atoms with Gasteiger partial charge in [0.15, 0.2) is 0 Å². The first-order chi connectivity index (χ1) is 5.13. The summed E-state index contributed by atoms with van der Waals surface area (Å²) >= 11 is 0. The number of hydrogen-bond acceptors (Lipinski definition) is 2. The van der Waals surface area contributed by atoms with Crippen LogP contribution in [0, 0.1) is 6.92 Å². The summed E-state index contributed by atoms with van der Waals surface area (Å²) in [4.78, 5) is 3.67. The van der Waals surface area contributed by atoms with Gasteiger partial charge in [-0.3, -0.25) is 0 Å². The first-order valence-corrected chi connectivity index (χ1v) is 3.12. The first kappa shape index (κ1) is 7.91. The fraction of sp³-hybridized carbons (Fsp3) is 0.286. The van der Waals surface area contributed by atoms with Gasteiger partial charge in [0.2, 0.25) is 0 Å². The standard InChI is InChI=1S/C7H8F2N2/c1-4-5(6(8)9)2-3-11-7(4)10/h2-3,6H,1H3,(H2,10,11). The van der Waals surface area contributed by atoms with Crippen LogP contribution >= 0.6 is 0 Å². The van der Waals surface area contributed by atoms with E-state index in [2.05, 4.69) is 4.98 Å². The summed E-state index contributed by atoms with van der Waals surface area (Å²) in [6.07, 6.45) is -1.19. The fourth-order valence-electron chi connectivity index (χ4n) is 0.804. The Kier molecular flexibility index (Phi) is 2.03. The molecule has 0 spiro atoms. The maximum atomic E-state index is 12.1. The summed E-state index contributed by atoms with van der Waals surface area (Å²) in [5.74, 6) is 0.169. The van der Waals surface area contributed by atoms with Gasteiger partial charge < -0.3 is 5.73 Å². The summed E-state index contributed by atoms with van der Waals surface area (Å²) in [6.45, 7) is 1.53. The summed E-state index contributed by atoms with van der Waals surface area (Å²) < 4.78 is 24.2. The second-order valence-electron chi connectivity index (χ2n) is 2.21. The van der Waals surface area contributed by atoms with Crippen LogP contribution in [0.5, 0.6) is 0 Å². The Bertz CT molecular complexity index is 261. The second kappa shape index (κ2) is 2.82. The first-order valence-electron chi connectivity index (χ1n) is 3.12. The number of aromatic nitrogens is 1. The zero-order valence-electron chi connectivity index (χ0n) is 6.01. The predicted octanol–water partition coefficient (Wildman–Crippen LogP) is 1.91. The van der Waals surface area contributed by atoms with Gasteiger partial charge in [-0.05, 0) is 13.0 Å². The molecule has 1 aromatic rings. The molecule has 0 amide bonds. The van der Waals surface area contributed by atoms with Crippen LogP contribution in [-0.4, -0.2) is 4.98 Å². The lowest BCUT2D eigenvalue weighted by molar-refractivity contribution is 0.150. The fourth-order valence-corrected chi connectivity index (χ4v) is 0.804. The molecule has 0 saturated heterocycles. The van der Waals surface area contributed by atoms with Crippen molar-refractivity contribution in [3.05, 3.63) is 23.4 Å². The molecule has 60 valence electrons. The number of nitrogens with zero attached hydrogens (tertiary/aromatic N) is 1. The van der Waals surface area contributed by atoms with Crippen molar-refractivity contribution in [1.29, 1.82) is 0 Å². The van der Waals surface area contributed by atoms with E-state index < -0.39 is 6.43 Å². The molecule has 11 heavy (non-hydrogen) atoms. The molecule has 0 unspecified atom stereocenters. The van der Waals surface area contributed by atoms with Gasteiger partial charge in [0, 0.05) is 17.3 Å². The summed E-state index contributed by atoms with van der Waals surface area (Å²) in [6, 6.07) is 1.27. The molecule has 0 saturated carbocycles. The number of alkyl halides is 2. The van der Waals surface area contributed by atoms with Gasteiger partial charge in [-0.25, -0.2) is 13.8 Å². The van der Waals surface area contributed by atoms with E-state index in [1.54, 1.807) is 0 Å². The van der Waals surface area contributed by atoms with E-state index >= 15 is 0 Å². The van der Waals surface area contributed by atoms with E-state index in [0.29, 0.717) is 5.56 Å². The Labute approximate surface area is 63.1 Å². The minimum Gasteiger partial charge on any atom is -0.383 e. The second-order valence-corrected chi connectivity index (χ2v) is 2.21. The quantitative estimate of drug-likeness (QED) is 0.678. The Morgan fingerprint density at radius 3 is 2.64 bits per heavy atom. The van der Waals surface area contributed by atoms with Crippen molar-refractivity contribution in [2.75, 3.05) is 5.73 Å². The zero-order valence-corrected chi connectivity index (χ0v) is 6.01. The van der Waals surface area contributed by atoms with Gasteiger partial charge in [-0.15, -0.1) is 0 Å². The molecule has 2 N–H and O–H groups in total. The van der Waals surface area contributed by atoms with Crippen LogP contribution in [0.2, 0.25) is 0 Å². The normalized spacial score (nSPS) is 10.5. The Balaban J connectivity index is 3.17. The van der Waals surface area contributed by atoms with E-state index in [1.807, 2.05) is 0 Å². The van der Waals surface area contributed by atoms with Gasteiger partial charge in [-0.2, -0.15) is 0 Å². The highest BCUT2D eigenvalue weighted by Gasteiger charge is 2.11. The average Bonchev–Trinajstić information content (AvgIpc) is 1.94. The van der Waals surface area contributed by atoms with Crippen molar-refractivity contribution in [2.45, 2.75) is 13.3 Å². The molecule has 0 aromatic carbocycles. The SMILES string of the molecule is Cc1c(C(F)F)ccnc1N. The highest BCUT2D eigenvalue weighted by molar-refractivity contribution is 5.43. The molecule has 0 aliphatic heterocycles. The van der Waals surface area contributed by atoms with Crippen LogP contribution in [-0.2, 0) is 0 Å². The molecule has 0 atom stereocenters. The van der Waals surface area contributed by atoms with E-state index in [9.17, 15) is 8.78 Å². The van der Waals surface area contributed by atoms with E-state index in [-0.39, 0.29) is 11.4 Å². The van der Waals surface area contributed by atoms with Gasteiger partial charge in [0.05, 0.1) is 0 Å². The van der Waals surface area contributed by atoms with Crippen LogP contribution in [0.3, 0.4) is 0 Å². The minimum absolute atomic E-state index is 0.0440. The van der Waals surface area contributed by atoms with Crippen LogP contribution in [0.4, 0.5) is 14.6 Å². The van der Waals surface area contributed by atoms with Crippen LogP contribution in [0.15, 0.2) is 12.3 Å². The Morgan fingerprint density at radius 2 is 2.18 bits per heavy atom. The molecule has 0 aliphatic carbocycles. The van der Waals surface area contributed by atoms with Gasteiger partial charge >= 0.3 is 0 Å². The molecule has 4 heteroatoms. The van der Waals surface area contributed by atoms with Gasteiger partial charge in [0.25, 0.3) is 6.43 Å². The smallest absolute Gasteiger partial charge is 0.264 e. The Morgan fingerprint density at radius 1 is 1.55 bits per heavy atom. The van der Waals surface area contributed by atoms with E-state index in [1.165, 1.54) is 19.2 Å². The monoisotopic (exact) mass is 158 g/mol. The molecule has 1 rings (SSSR count). The largest absolute Gasteiger partial charge is 0.383 e. The molecule has 1 heterocycles. The molecule has 0 bridgehead atoms. The molecule has 0 fully saturated rings. The van der Waals surface area contributed by atoms with Crippen molar-refractivity contribution in [3.63, 3.8) is 0 Å². The highest BCUT2D eigenvalue weighted by Crippen LogP contribution is 2.23. The topological polar surface area (TPSA) is 38.9 Å². The summed E-state index contributed by atoms with van der Waals surface area (Å²) in [7, 11) is 0. The highest BCUT2D eigenvalue weighted by atomic mass is 19.3. The van der Waals surface area contributed by atoms with Crippen molar-refractivity contribution in [2.24, 2.45) is 0 Å². The van der Waals surface area contributed by atoms with Crippen LogP contribution < -0.4 is 5.73 Å². The van der Waals surface area contributed by atoms with Gasteiger partial charge in [0.1, 0.15) is 5.82 Å². The zero-order chi connectivity index (χ0) is 8.43. The predicted molar refractivity (Wildman–Crippen MR) is 38.3 cm³/mol. The molecular formula is C7H8F2N2. The van der Waals surface area contributed by atoms with E-state index in [4.69, 9.17) is 5.73 Å². The lowest BCUT2D eigenvalue weighted by Gasteiger charge is -2.04. The maximum Gasteiger partial charge on any atom is 0.264 e. The number of nitrogens with two attached hydrogens (primary N) is 1. The number of rotatable bonds is 1. The van der Waals surface area contributed by atoms with Gasteiger partial charge in [-0.1, -0.05) is 0 Å². The van der Waals surface area contributed by atoms with Crippen molar-refractivity contribution in [1.82, 2.24) is 4.98 Å². The maximum absolute atomic E-state index is 12.1. The number of nitrogen functional groups attached to an aromatic ring is 1. The van der Waals surface area contributed by atoms with Crippen LogP contribution in [0.1, 0.15) is 17.6 Å². The molecule has 1 aromatic heterocycles. The molecule has 2 nitrogen and oxygen atoms in total. The minimum atomic E-state index is -2.47. The number of anilines is 1. The lowest BCUT2D eigenvalue weighted by Crippen LogP contribution is -1.98. The number of pyridine rings is 1. The molecular weight excluding hydrogens is 150 g/mol. The van der Waals surface area contributed by atoms with Crippen molar-refractivity contribution >= 4 is 5.82 Å². The van der Waals surface area contributed by atoms with Crippen molar-refractivity contribution < 1.29 is 8.78 Å². The van der Waals surface area contributed by atoms with Crippen molar-refractivity contribution in [3.8, 4) is 0 Å². The van der Waals surface area contributed by atoms with E-state index in [0.717, 1.165) is 0 Å². The average molecular weight is 158 g/mol. The third kappa shape index (κ3) is 1.45. The molecule has 0 aliphatic rings. The molecule has 0 radical (unpaired) electrons. The van der Waals surface area contributed by atoms with Crippen LogP contribution in [0.25, 0.3) is 0 Å². The third-order valence-corrected chi connectivity index (χ3v) is 1.52. The lowest BCUT2D eigenvalue weighted by atomic mass is 10.1. The summed E-state index contributed by atoms with van der Waals surface area (Å²) in [5, 5.41) is 0. The number of halogens is 2. The Hall–Kier alpha value is -1.19. The number of hydrogen-bond donors (Lipinski definition) is 1.